The van der Waals surface area contributed by atoms with Gasteiger partial charge in [0.1, 0.15) is 0 Å². The van der Waals surface area contributed by atoms with E-state index in [1.807, 2.05) is 6.07 Å². The second-order valence-electron chi connectivity index (χ2n) is 3.91. The van der Waals surface area contributed by atoms with Gasteiger partial charge in [-0.1, -0.05) is 12.1 Å². The molecular weight excluding hydrogens is 212 g/mol. The van der Waals surface area contributed by atoms with E-state index in [-0.39, 0.29) is 0 Å². The van der Waals surface area contributed by atoms with Crippen LogP contribution in [-0.4, -0.2) is 27.4 Å². The number of ether oxygens (including phenoxy) is 1. The molecule has 0 bridgehead atoms. The van der Waals surface area contributed by atoms with Crippen molar-refractivity contribution in [2.45, 2.75) is 23.8 Å². The molecule has 15 heavy (non-hydrogen) atoms. The number of epoxide rings is 1. The molecule has 0 spiro atoms. The van der Waals surface area contributed by atoms with Gasteiger partial charge in [0.05, 0.1) is 17.6 Å². The zero-order chi connectivity index (χ0) is 10.9. The van der Waals surface area contributed by atoms with E-state index in [0.29, 0.717) is 11.0 Å². The monoisotopic (exact) mass is 226 g/mol. The van der Waals surface area contributed by atoms with Gasteiger partial charge in [0, 0.05) is 6.26 Å². The lowest BCUT2D eigenvalue weighted by Gasteiger charge is -2.02. The summed E-state index contributed by atoms with van der Waals surface area (Å²) in [6.07, 6.45) is 3.49. The van der Waals surface area contributed by atoms with Crippen molar-refractivity contribution in [3.63, 3.8) is 0 Å². The fourth-order valence-corrected chi connectivity index (χ4v) is 2.19. The van der Waals surface area contributed by atoms with Crippen molar-refractivity contribution in [2.75, 3.05) is 12.9 Å². The molecule has 0 aromatic heterocycles. The molecule has 3 nitrogen and oxygen atoms in total. The van der Waals surface area contributed by atoms with Gasteiger partial charge in [0.25, 0.3) is 0 Å². The number of aryl methyl sites for hydroxylation is 1. The first-order valence-corrected chi connectivity index (χ1v) is 6.85. The summed E-state index contributed by atoms with van der Waals surface area (Å²) in [6.45, 7) is 0.853. The number of sulfone groups is 1. The molecule has 0 N–H and O–H groups in total. The van der Waals surface area contributed by atoms with E-state index in [0.717, 1.165) is 25.0 Å². The van der Waals surface area contributed by atoms with Crippen molar-refractivity contribution < 1.29 is 13.2 Å². The van der Waals surface area contributed by atoms with Crippen LogP contribution in [0.3, 0.4) is 0 Å². The van der Waals surface area contributed by atoms with Gasteiger partial charge in [-0.15, -0.1) is 0 Å². The van der Waals surface area contributed by atoms with E-state index in [9.17, 15) is 8.42 Å². The Morgan fingerprint density at radius 3 is 2.80 bits per heavy atom. The average Bonchev–Trinajstić information content (AvgIpc) is 2.97. The molecule has 0 amide bonds. The van der Waals surface area contributed by atoms with E-state index < -0.39 is 9.84 Å². The van der Waals surface area contributed by atoms with Crippen LogP contribution < -0.4 is 0 Å². The lowest BCUT2D eigenvalue weighted by molar-refractivity contribution is 0.397. The molecule has 2 rings (SSSR count). The molecule has 1 fully saturated rings. The molecule has 1 aromatic rings. The van der Waals surface area contributed by atoms with Gasteiger partial charge in [-0.2, -0.15) is 0 Å². The van der Waals surface area contributed by atoms with Crippen LogP contribution in [0.4, 0.5) is 0 Å². The summed E-state index contributed by atoms with van der Waals surface area (Å²) in [7, 11) is -3.08. The second kappa shape index (κ2) is 3.94. The predicted octanol–water partition coefficient (Wildman–Crippen LogP) is 1.42. The number of hydrogen-bond donors (Lipinski definition) is 0. The van der Waals surface area contributed by atoms with E-state index in [4.69, 9.17) is 4.74 Å². The Morgan fingerprint density at radius 2 is 2.20 bits per heavy atom. The molecule has 0 saturated carbocycles. The molecule has 0 radical (unpaired) electrons. The van der Waals surface area contributed by atoms with Crippen molar-refractivity contribution in [1.82, 2.24) is 0 Å². The molecule has 0 aliphatic carbocycles. The largest absolute Gasteiger partial charge is 0.373 e. The molecule has 4 heteroatoms. The Kier molecular flexibility index (Phi) is 2.80. The normalized spacial score (nSPS) is 20.2. The molecule has 1 atom stereocenters. The van der Waals surface area contributed by atoms with Crippen LogP contribution in [-0.2, 0) is 21.0 Å². The van der Waals surface area contributed by atoms with Gasteiger partial charge in [0.2, 0.25) is 0 Å². The summed E-state index contributed by atoms with van der Waals surface area (Å²) < 4.78 is 27.7. The summed E-state index contributed by atoms with van der Waals surface area (Å²) in [5.41, 5.74) is 1.06. The lowest BCUT2D eigenvalue weighted by atomic mass is 10.1. The maximum Gasteiger partial charge on any atom is 0.175 e. The first-order chi connectivity index (χ1) is 7.05. The van der Waals surface area contributed by atoms with E-state index in [2.05, 4.69) is 0 Å². The molecule has 1 unspecified atom stereocenters. The zero-order valence-electron chi connectivity index (χ0n) is 8.64. The Bertz CT molecular complexity index is 447. The Balaban J connectivity index is 2.11. The van der Waals surface area contributed by atoms with Crippen molar-refractivity contribution in [3.05, 3.63) is 29.8 Å². The summed E-state index contributed by atoms with van der Waals surface area (Å²) >= 11 is 0. The summed E-state index contributed by atoms with van der Waals surface area (Å²) in [5.74, 6) is 0. The van der Waals surface area contributed by atoms with E-state index in [1.165, 1.54) is 6.26 Å². The fraction of sp³-hybridized carbons (Fsp3) is 0.455. The highest BCUT2D eigenvalue weighted by Crippen LogP contribution is 2.18. The molecule has 1 aliphatic rings. The standard InChI is InChI=1S/C11H14O3S/c1-15(12,13)11-4-2-3-9(7-11)5-6-10-8-14-10/h2-4,7,10H,5-6,8H2,1H3. The third kappa shape index (κ3) is 3.04. The molecule has 1 aliphatic heterocycles. The van der Waals surface area contributed by atoms with E-state index in [1.54, 1.807) is 18.2 Å². The Labute approximate surface area is 90.0 Å². The second-order valence-corrected chi connectivity index (χ2v) is 5.93. The van der Waals surface area contributed by atoms with Gasteiger partial charge in [-0.25, -0.2) is 8.42 Å². The molecular formula is C11H14O3S. The number of benzene rings is 1. The van der Waals surface area contributed by atoms with Gasteiger partial charge in [-0.05, 0) is 30.5 Å². The number of rotatable bonds is 4. The van der Waals surface area contributed by atoms with Crippen LogP contribution in [0.2, 0.25) is 0 Å². The van der Waals surface area contributed by atoms with Crippen molar-refractivity contribution in [3.8, 4) is 0 Å². The minimum Gasteiger partial charge on any atom is -0.373 e. The van der Waals surface area contributed by atoms with Crippen molar-refractivity contribution in [2.24, 2.45) is 0 Å². The molecule has 1 aromatic carbocycles. The van der Waals surface area contributed by atoms with Crippen molar-refractivity contribution >= 4 is 9.84 Å². The molecule has 1 heterocycles. The smallest absolute Gasteiger partial charge is 0.175 e. The van der Waals surface area contributed by atoms with Gasteiger partial charge in [0.15, 0.2) is 9.84 Å². The third-order valence-corrected chi connectivity index (χ3v) is 3.59. The highest BCUT2D eigenvalue weighted by molar-refractivity contribution is 7.90. The van der Waals surface area contributed by atoms with Crippen LogP contribution in [0.15, 0.2) is 29.2 Å². The molecule has 82 valence electrons. The first kappa shape index (κ1) is 10.6. The highest BCUT2D eigenvalue weighted by Gasteiger charge is 2.21. The van der Waals surface area contributed by atoms with Crippen LogP contribution in [0.1, 0.15) is 12.0 Å². The maximum absolute atomic E-state index is 11.3. The van der Waals surface area contributed by atoms with Crippen LogP contribution in [0, 0.1) is 0 Å². The quantitative estimate of drug-likeness (QED) is 0.729. The minimum atomic E-state index is -3.08. The van der Waals surface area contributed by atoms with Gasteiger partial charge < -0.3 is 4.74 Å². The SMILES string of the molecule is CS(=O)(=O)c1cccc(CCC2CO2)c1. The third-order valence-electron chi connectivity index (χ3n) is 2.48. The maximum atomic E-state index is 11.3. The van der Waals surface area contributed by atoms with Crippen LogP contribution >= 0.6 is 0 Å². The minimum absolute atomic E-state index is 0.395. The molecule has 1 saturated heterocycles. The Morgan fingerprint density at radius 1 is 1.47 bits per heavy atom. The predicted molar refractivity (Wildman–Crippen MR) is 57.6 cm³/mol. The van der Waals surface area contributed by atoms with Crippen LogP contribution in [0.25, 0.3) is 0 Å². The first-order valence-electron chi connectivity index (χ1n) is 4.96. The van der Waals surface area contributed by atoms with E-state index >= 15 is 0 Å². The average molecular weight is 226 g/mol. The summed E-state index contributed by atoms with van der Waals surface area (Å²) in [5, 5.41) is 0. The zero-order valence-corrected chi connectivity index (χ0v) is 9.46. The van der Waals surface area contributed by atoms with Crippen molar-refractivity contribution in [1.29, 1.82) is 0 Å². The summed E-state index contributed by atoms with van der Waals surface area (Å²) in [6, 6.07) is 7.13. The Hall–Kier alpha value is -0.870. The highest BCUT2D eigenvalue weighted by atomic mass is 32.2. The lowest BCUT2D eigenvalue weighted by Crippen LogP contribution is -1.98. The van der Waals surface area contributed by atoms with Gasteiger partial charge >= 0.3 is 0 Å². The summed E-state index contributed by atoms with van der Waals surface area (Å²) in [4.78, 5) is 0.400. The topological polar surface area (TPSA) is 46.7 Å². The number of hydrogen-bond acceptors (Lipinski definition) is 3. The van der Waals surface area contributed by atoms with Gasteiger partial charge in [-0.3, -0.25) is 0 Å². The van der Waals surface area contributed by atoms with Crippen LogP contribution in [0.5, 0.6) is 0 Å². The fourth-order valence-electron chi connectivity index (χ4n) is 1.49.